The molecule has 32 heavy (non-hydrogen) atoms. The highest BCUT2D eigenvalue weighted by atomic mass is 32.1. The molecule has 1 aliphatic heterocycles. The van der Waals surface area contributed by atoms with E-state index in [0.29, 0.717) is 6.54 Å². The van der Waals surface area contributed by atoms with Crippen LogP contribution in [0.4, 0.5) is 0 Å². The molecular formula is C28H25N2OS+. The van der Waals surface area contributed by atoms with E-state index < -0.39 is 6.10 Å². The fraction of sp³-hybridized carbons (Fsp3) is 0.214. The van der Waals surface area contributed by atoms with E-state index in [0.717, 1.165) is 38.9 Å². The zero-order valence-corrected chi connectivity index (χ0v) is 19.3. The molecule has 4 heterocycles. The summed E-state index contributed by atoms with van der Waals surface area (Å²) in [4.78, 5) is 4.64. The van der Waals surface area contributed by atoms with Gasteiger partial charge in [-0.15, -0.1) is 11.3 Å². The average molecular weight is 438 g/mol. The molecule has 2 aromatic carbocycles. The molecular weight excluding hydrogens is 412 g/mol. The molecule has 1 aliphatic rings. The van der Waals surface area contributed by atoms with Crippen molar-refractivity contribution in [1.82, 2.24) is 4.98 Å². The van der Waals surface area contributed by atoms with Crippen LogP contribution >= 0.6 is 11.3 Å². The highest BCUT2D eigenvalue weighted by Gasteiger charge is 2.33. The highest BCUT2D eigenvalue weighted by Crippen LogP contribution is 2.42. The summed E-state index contributed by atoms with van der Waals surface area (Å²) in [6.07, 6.45) is 3.53. The van der Waals surface area contributed by atoms with Gasteiger partial charge in [-0.25, -0.2) is 0 Å². The second kappa shape index (κ2) is 6.96. The Hall–Kier alpha value is -3.08. The fourth-order valence-electron chi connectivity index (χ4n) is 4.97. The summed E-state index contributed by atoms with van der Waals surface area (Å²) in [7, 11) is 0. The molecule has 0 saturated heterocycles. The average Bonchev–Trinajstić information content (AvgIpc) is 3.25. The van der Waals surface area contributed by atoms with Crippen molar-refractivity contribution in [1.29, 1.82) is 0 Å². The van der Waals surface area contributed by atoms with Gasteiger partial charge in [-0.05, 0) is 50.9 Å². The number of nitrogens with zero attached hydrogens (tertiary/aromatic N) is 2. The first-order chi connectivity index (χ1) is 15.4. The van der Waals surface area contributed by atoms with Crippen LogP contribution in [0.15, 0.2) is 72.4 Å². The first-order valence-electron chi connectivity index (χ1n) is 11.0. The van der Waals surface area contributed by atoms with E-state index in [4.69, 9.17) is 0 Å². The van der Waals surface area contributed by atoms with Gasteiger partial charge in [0.05, 0.1) is 15.8 Å². The van der Waals surface area contributed by atoms with Crippen LogP contribution in [0.2, 0.25) is 0 Å². The number of aliphatic hydroxyl groups is 1. The predicted molar refractivity (Wildman–Crippen MR) is 132 cm³/mol. The fourth-order valence-corrected chi connectivity index (χ4v) is 5.75. The van der Waals surface area contributed by atoms with E-state index in [1.165, 1.54) is 15.6 Å². The van der Waals surface area contributed by atoms with Crippen molar-refractivity contribution in [2.24, 2.45) is 0 Å². The minimum atomic E-state index is -0.531. The molecule has 0 amide bonds. The third-order valence-corrected chi connectivity index (χ3v) is 7.40. The molecule has 3 nitrogen and oxygen atoms in total. The molecule has 0 saturated carbocycles. The molecule has 3 aromatic heterocycles. The molecule has 0 aliphatic carbocycles. The Labute approximate surface area is 191 Å². The van der Waals surface area contributed by atoms with Crippen LogP contribution in [0.25, 0.3) is 43.4 Å². The smallest absolute Gasteiger partial charge is 0.213 e. The van der Waals surface area contributed by atoms with Gasteiger partial charge in [0.2, 0.25) is 5.69 Å². The van der Waals surface area contributed by atoms with Crippen LogP contribution in [0.5, 0.6) is 0 Å². The van der Waals surface area contributed by atoms with Crippen molar-refractivity contribution in [2.75, 3.05) is 0 Å². The molecule has 0 radical (unpaired) electrons. The lowest BCUT2D eigenvalue weighted by Gasteiger charge is -2.27. The summed E-state index contributed by atoms with van der Waals surface area (Å²) in [5, 5.41) is 15.6. The third kappa shape index (κ3) is 2.98. The minimum Gasteiger partial charge on any atom is -0.382 e. The number of pyridine rings is 2. The maximum atomic E-state index is 11.2. The van der Waals surface area contributed by atoms with Crippen LogP contribution in [-0.2, 0) is 12.0 Å². The van der Waals surface area contributed by atoms with E-state index in [1.807, 2.05) is 6.20 Å². The Morgan fingerprint density at radius 3 is 2.62 bits per heavy atom. The molecule has 6 rings (SSSR count). The predicted octanol–water partition coefficient (Wildman–Crippen LogP) is 6.42. The lowest BCUT2D eigenvalue weighted by molar-refractivity contribution is -0.696. The van der Waals surface area contributed by atoms with Crippen molar-refractivity contribution >= 4 is 32.3 Å². The maximum Gasteiger partial charge on any atom is 0.213 e. The summed E-state index contributed by atoms with van der Waals surface area (Å²) in [5.41, 5.74) is 7.91. The van der Waals surface area contributed by atoms with Gasteiger partial charge in [-0.1, -0.05) is 45.0 Å². The second-order valence-electron chi connectivity index (χ2n) is 9.68. The van der Waals surface area contributed by atoms with E-state index in [-0.39, 0.29) is 5.41 Å². The first kappa shape index (κ1) is 19.6. The quantitative estimate of drug-likeness (QED) is 0.307. The van der Waals surface area contributed by atoms with Gasteiger partial charge in [0, 0.05) is 29.5 Å². The minimum absolute atomic E-state index is 0.00635. The molecule has 1 atom stereocenters. The second-order valence-corrected chi connectivity index (χ2v) is 10.6. The maximum absolute atomic E-state index is 11.2. The SMILES string of the molecule is CC(C)(C)c1cc2c(c3ccccc13)C(O)C[n+]1ccc(-c3cnc4ccsc4c3)cc1-2. The van der Waals surface area contributed by atoms with Crippen molar-refractivity contribution in [3.63, 3.8) is 0 Å². The van der Waals surface area contributed by atoms with Crippen molar-refractivity contribution in [2.45, 2.75) is 38.8 Å². The van der Waals surface area contributed by atoms with E-state index in [9.17, 15) is 5.11 Å². The Balaban J connectivity index is 1.62. The number of aliphatic hydroxyl groups excluding tert-OH is 1. The summed E-state index contributed by atoms with van der Waals surface area (Å²) >= 11 is 1.72. The summed E-state index contributed by atoms with van der Waals surface area (Å²) in [5.74, 6) is 0. The van der Waals surface area contributed by atoms with E-state index in [2.05, 4.69) is 96.5 Å². The topological polar surface area (TPSA) is 37.0 Å². The third-order valence-electron chi connectivity index (χ3n) is 6.54. The van der Waals surface area contributed by atoms with Crippen molar-refractivity contribution in [3.05, 3.63) is 83.5 Å². The molecule has 5 aromatic rings. The van der Waals surface area contributed by atoms with E-state index in [1.54, 1.807) is 11.3 Å². The molecule has 0 bridgehead atoms. The molecule has 158 valence electrons. The number of hydrogen-bond donors (Lipinski definition) is 1. The Morgan fingerprint density at radius 1 is 1.00 bits per heavy atom. The number of thiophene rings is 1. The zero-order valence-electron chi connectivity index (χ0n) is 18.5. The van der Waals surface area contributed by atoms with Gasteiger partial charge in [0.25, 0.3) is 0 Å². The normalized spacial score (nSPS) is 15.7. The Morgan fingerprint density at radius 2 is 1.81 bits per heavy atom. The van der Waals surface area contributed by atoms with Crippen LogP contribution in [0.3, 0.4) is 0 Å². The molecule has 0 spiro atoms. The molecule has 1 unspecified atom stereocenters. The monoisotopic (exact) mass is 437 g/mol. The first-order valence-corrected chi connectivity index (χ1v) is 11.9. The Kier molecular flexibility index (Phi) is 4.26. The van der Waals surface area contributed by atoms with Crippen LogP contribution < -0.4 is 4.57 Å². The lowest BCUT2D eigenvalue weighted by atomic mass is 9.78. The standard InChI is InChI=1S/C28H25N2OS/c1-28(2,3)22-14-21-24-12-17(18-13-26-23(29-15-18)9-11-32-26)8-10-30(24)16-25(31)27(21)20-7-5-4-6-19(20)22/h4-15,25,31H,16H2,1-3H3/q+1. The van der Waals surface area contributed by atoms with Gasteiger partial charge < -0.3 is 5.11 Å². The van der Waals surface area contributed by atoms with Gasteiger partial charge in [0.15, 0.2) is 12.7 Å². The Bertz CT molecular complexity index is 1510. The number of benzene rings is 2. The van der Waals surface area contributed by atoms with Crippen molar-refractivity contribution in [3.8, 4) is 22.4 Å². The van der Waals surface area contributed by atoms with Crippen molar-refractivity contribution < 1.29 is 9.67 Å². The number of aromatic nitrogens is 2. The van der Waals surface area contributed by atoms with Crippen LogP contribution in [0, 0.1) is 0 Å². The van der Waals surface area contributed by atoms with Crippen LogP contribution in [-0.4, -0.2) is 10.1 Å². The number of fused-ring (bicyclic) bond motifs is 6. The largest absolute Gasteiger partial charge is 0.382 e. The van der Waals surface area contributed by atoms with Gasteiger partial charge >= 0.3 is 0 Å². The molecule has 1 N–H and O–H groups in total. The number of hydrogen-bond acceptors (Lipinski definition) is 3. The van der Waals surface area contributed by atoms with Gasteiger partial charge in [-0.2, -0.15) is 4.57 Å². The number of rotatable bonds is 1. The summed E-state index contributed by atoms with van der Waals surface area (Å²) < 4.78 is 3.37. The summed E-state index contributed by atoms with van der Waals surface area (Å²) in [6.45, 7) is 7.33. The van der Waals surface area contributed by atoms with Crippen LogP contribution in [0.1, 0.15) is 38.0 Å². The van der Waals surface area contributed by atoms with E-state index >= 15 is 0 Å². The molecule has 4 heteroatoms. The zero-order chi connectivity index (χ0) is 22.0. The molecule has 0 fully saturated rings. The van der Waals surface area contributed by atoms with Gasteiger partial charge in [-0.3, -0.25) is 4.98 Å². The summed E-state index contributed by atoms with van der Waals surface area (Å²) in [6, 6.07) is 19.5. The van der Waals surface area contributed by atoms with Gasteiger partial charge in [0.1, 0.15) is 6.10 Å². The highest BCUT2D eigenvalue weighted by molar-refractivity contribution is 7.17. The lowest BCUT2D eigenvalue weighted by Crippen LogP contribution is -2.42.